The molecule has 23 heavy (non-hydrogen) atoms. The van der Waals surface area contributed by atoms with Gasteiger partial charge in [0.15, 0.2) is 11.5 Å². The highest BCUT2D eigenvalue weighted by Crippen LogP contribution is 2.31. The van der Waals surface area contributed by atoms with Crippen LogP contribution >= 0.6 is 23.2 Å². The molecule has 3 rings (SSSR count). The maximum Gasteiger partial charge on any atom is 0.161 e. The lowest BCUT2D eigenvalue weighted by Gasteiger charge is -2.27. The fourth-order valence-corrected chi connectivity index (χ4v) is 3.66. The van der Waals surface area contributed by atoms with Crippen molar-refractivity contribution >= 4 is 23.2 Å². The molecule has 1 aliphatic rings. The Bertz CT molecular complexity index is 698. The van der Waals surface area contributed by atoms with E-state index in [0.717, 1.165) is 53.2 Å². The molecule has 2 aromatic carbocycles. The van der Waals surface area contributed by atoms with Crippen molar-refractivity contribution in [2.45, 2.75) is 19.5 Å². The summed E-state index contributed by atoms with van der Waals surface area (Å²) in [6, 6.07) is 9.85. The zero-order valence-corrected chi connectivity index (χ0v) is 14.8. The lowest BCUT2D eigenvalue weighted by Crippen LogP contribution is -3.10. The number of fused-ring (bicyclic) bond motifs is 1. The first kappa shape index (κ1) is 16.4. The van der Waals surface area contributed by atoms with E-state index in [-0.39, 0.29) is 0 Å². The van der Waals surface area contributed by atoms with Gasteiger partial charge in [-0.1, -0.05) is 29.3 Å². The summed E-state index contributed by atoms with van der Waals surface area (Å²) in [7, 11) is 3.34. The highest BCUT2D eigenvalue weighted by Gasteiger charge is 2.23. The van der Waals surface area contributed by atoms with E-state index in [4.69, 9.17) is 32.7 Å². The Hall–Kier alpha value is -1.42. The van der Waals surface area contributed by atoms with Crippen LogP contribution in [0.3, 0.4) is 0 Å². The Labute approximate surface area is 146 Å². The van der Waals surface area contributed by atoms with Crippen molar-refractivity contribution < 1.29 is 14.4 Å². The minimum absolute atomic E-state index is 0.739. The van der Waals surface area contributed by atoms with Crippen molar-refractivity contribution in [3.8, 4) is 11.5 Å². The van der Waals surface area contributed by atoms with Gasteiger partial charge < -0.3 is 14.4 Å². The van der Waals surface area contributed by atoms with Crippen LogP contribution in [0, 0.1) is 0 Å². The van der Waals surface area contributed by atoms with E-state index in [2.05, 4.69) is 12.1 Å². The standard InChI is InChI=1S/C18H19Cl2NO2/c1-22-17-8-12-6-7-21(10-13(12)9-18(17)23-2)11-14-15(19)4-3-5-16(14)20/h3-5,8-9H,6-7,10-11H2,1-2H3/p+1. The van der Waals surface area contributed by atoms with Crippen LogP contribution in [0.2, 0.25) is 10.0 Å². The number of hydrogen-bond donors (Lipinski definition) is 1. The Morgan fingerprint density at radius 1 is 1.00 bits per heavy atom. The molecule has 0 saturated carbocycles. The number of nitrogens with one attached hydrogen (secondary N) is 1. The molecule has 0 fully saturated rings. The molecule has 1 heterocycles. The molecular weight excluding hydrogens is 333 g/mol. The van der Waals surface area contributed by atoms with Gasteiger partial charge in [0.1, 0.15) is 13.1 Å². The van der Waals surface area contributed by atoms with Crippen molar-refractivity contribution in [3.63, 3.8) is 0 Å². The van der Waals surface area contributed by atoms with Gasteiger partial charge in [-0.05, 0) is 29.8 Å². The van der Waals surface area contributed by atoms with Crippen molar-refractivity contribution in [1.29, 1.82) is 0 Å². The topological polar surface area (TPSA) is 22.9 Å². The zero-order valence-electron chi connectivity index (χ0n) is 13.3. The molecule has 1 atom stereocenters. The Morgan fingerprint density at radius 2 is 1.61 bits per heavy atom. The van der Waals surface area contributed by atoms with Crippen LogP contribution in [0.5, 0.6) is 11.5 Å². The first-order valence-corrected chi connectivity index (χ1v) is 8.38. The van der Waals surface area contributed by atoms with Crippen LogP contribution in [0.25, 0.3) is 0 Å². The highest BCUT2D eigenvalue weighted by molar-refractivity contribution is 6.35. The molecule has 3 nitrogen and oxygen atoms in total. The molecule has 0 saturated heterocycles. The molecular formula is C18H20Cl2NO2+. The maximum atomic E-state index is 6.30. The van der Waals surface area contributed by atoms with Crippen LogP contribution in [0.1, 0.15) is 16.7 Å². The van der Waals surface area contributed by atoms with Gasteiger partial charge in [-0.25, -0.2) is 0 Å². The molecule has 1 N–H and O–H groups in total. The quantitative estimate of drug-likeness (QED) is 0.913. The number of methoxy groups -OCH3 is 2. The molecule has 1 aliphatic heterocycles. The normalized spacial score (nSPS) is 16.8. The van der Waals surface area contributed by atoms with E-state index < -0.39 is 0 Å². The van der Waals surface area contributed by atoms with Crippen molar-refractivity contribution in [2.75, 3.05) is 20.8 Å². The number of benzene rings is 2. The third kappa shape index (κ3) is 3.42. The minimum Gasteiger partial charge on any atom is -0.493 e. The molecule has 0 spiro atoms. The average Bonchev–Trinajstić information content (AvgIpc) is 2.56. The maximum absolute atomic E-state index is 6.30. The first-order valence-electron chi connectivity index (χ1n) is 7.62. The molecule has 2 aromatic rings. The number of halogens is 2. The predicted molar refractivity (Wildman–Crippen MR) is 92.9 cm³/mol. The van der Waals surface area contributed by atoms with Gasteiger partial charge >= 0.3 is 0 Å². The van der Waals surface area contributed by atoms with Crippen molar-refractivity contribution in [1.82, 2.24) is 0 Å². The fourth-order valence-electron chi connectivity index (χ4n) is 3.13. The second-order valence-corrected chi connectivity index (χ2v) is 6.59. The molecule has 0 bridgehead atoms. The minimum atomic E-state index is 0.739. The van der Waals surface area contributed by atoms with E-state index in [1.165, 1.54) is 16.0 Å². The molecule has 0 amide bonds. The zero-order chi connectivity index (χ0) is 16.4. The molecule has 122 valence electrons. The van der Waals surface area contributed by atoms with E-state index in [1.807, 2.05) is 18.2 Å². The summed E-state index contributed by atoms with van der Waals surface area (Å²) in [6.07, 6.45) is 1.01. The first-order chi connectivity index (χ1) is 11.1. The average molecular weight is 353 g/mol. The van der Waals surface area contributed by atoms with Gasteiger partial charge in [0, 0.05) is 17.5 Å². The summed E-state index contributed by atoms with van der Waals surface area (Å²) < 4.78 is 10.8. The summed E-state index contributed by atoms with van der Waals surface area (Å²) in [4.78, 5) is 1.44. The van der Waals surface area contributed by atoms with E-state index >= 15 is 0 Å². The van der Waals surface area contributed by atoms with Crippen LogP contribution in [-0.2, 0) is 19.5 Å². The SMILES string of the molecule is COc1cc2c(cc1OC)C[NH+](Cc1c(Cl)cccc1Cl)CC2. The van der Waals surface area contributed by atoms with Crippen LogP contribution < -0.4 is 14.4 Å². The monoisotopic (exact) mass is 352 g/mol. The summed E-state index contributed by atoms with van der Waals surface area (Å²) in [5, 5.41) is 1.48. The van der Waals surface area contributed by atoms with E-state index in [0.29, 0.717) is 0 Å². The van der Waals surface area contributed by atoms with Crippen molar-refractivity contribution in [3.05, 3.63) is 57.1 Å². The fraction of sp³-hybridized carbons (Fsp3) is 0.333. The van der Waals surface area contributed by atoms with Gasteiger partial charge in [-0.15, -0.1) is 0 Å². The van der Waals surface area contributed by atoms with Gasteiger partial charge in [0.25, 0.3) is 0 Å². The predicted octanol–water partition coefficient (Wildman–Crippen LogP) is 3.15. The number of rotatable bonds is 4. The lowest BCUT2D eigenvalue weighted by atomic mass is 9.98. The second kappa shape index (κ2) is 7.00. The largest absolute Gasteiger partial charge is 0.493 e. The van der Waals surface area contributed by atoms with Crippen LogP contribution in [0.15, 0.2) is 30.3 Å². The second-order valence-electron chi connectivity index (χ2n) is 5.78. The van der Waals surface area contributed by atoms with Gasteiger partial charge in [0.2, 0.25) is 0 Å². The van der Waals surface area contributed by atoms with Gasteiger partial charge in [-0.3, -0.25) is 0 Å². The smallest absolute Gasteiger partial charge is 0.161 e. The Kier molecular flexibility index (Phi) is 5.00. The Morgan fingerprint density at radius 3 is 2.22 bits per heavy atom. The summed E-state index contributed by atoms with van der Waals surface area (Å²) in [6.45, 7) is 2.80. The van der Waals surface area contributed by atoms with Crippen LogP contribution in [0.4, 0.5) is 0 Å². The molecule has 0 aliphatic carbocycles. The van der Waals surface area contributed by atoms with E-state index in [9.17, 15) is 0 Å². The lowest BCUT2D eigenvalue weighted by molar-refractivity contribution is -0.929. The van der Waals surface area contributed by atoms with Gasteiger partial charge in [0.05, 0.1) is 30.8 Å². The molecule has 1 unspecified atom stereocenters. The molecule has 5 heteroatoms. The third-order valence-electron chi connectivity index (χ3n) is 4.38. The van der Waals surface area contributed by atoms with Gasteiger partial charge in [-0.2, -0.15) is 0 Å². The third-order valence-corrected chi connectivity index (χ3v) is 5.09. The summed E-state index contributed by atoms with van der Waals surface area (Å²) in [5.74, 6) is 1.58. The number of quaternary nitrogens is 1. The highest BCUT2D eigenvalue weighted by atomic mass is 35.5. The number of ether oxygens (including phenoxy) is 2. The summed E-state index contributed by atoms with van der Waals surface area (Å²) in [5.41, 5.74) is 3.65. The Balaban J connectivity index is 1.83. The van der Waals surface area contributed by atoms with Crippen LogP contribution in [-0.4, -0.2) is 20.8 Å². The summed E-state index contributed by atoms with van der Waals surface area (Å²) >= 11 is 12.6. The number of hydrogen-bond acceptors (Lipinski definition) is 2. The van der Waals surface area contributed by atoms with E-state index in [1.54, 1.807) is 14.2 Å². The van der Waals surface area contributed by atoms with Crippen molar-refractivity contribution in [2.24, 2.45) is 0 Å². The molecule has 0 radical (unpaired) electrons. The molecule has 0 aromatic heterocycles.